The first-order valence-corrected chi connectivity index (χ1v) is 14.2. The van der Waals surface area contributed by atoms with E-state index in [4.69, 9.17) is 4.74 Å². The van der Waals surface area contributed by atoms with Crippen LogP contribution in [0.3, 0.4) is 0 Å². The summed E-state index contributed by atoms with van der Waals surface area (Å²) in [6.45, 7) is 2.21. The lowest BCUT2D eigenvalue weighted by molar-refractivity contribution is 0.412. The lowest BCUT2D eigenvalue weighted by Crippen LogP contribution is -2.00. The molecule has 198 valence electrons. The minimum Gasteiger partial charge on any atom is -0.494 e. The molecule has 7 rings (SSSR count). The van der Waals surface area contributed by atoms with Crippen molar-refractivity contribution in [2.75, 3.05) is 7.11 Å². The first-order chi connectivity index (χ1) is 20.3. The molecule has 1 heterocycles. The van der Waals surface area contributed by atoms with Gasteiger partial charge in [-0.3, -0.25) is 0 Å². The zero-order valence-electron chi connectivity index (χ0n) is 23.3. The third-order valence-corrected chi connectivity index (χ3v) is 8.06. The highest BCUT2D eigenvalue weighted by Crippen LogP contribution is 2.45. The molecule has 0 bridgehead atoms. The van der Waals surface area contributed by atoms with Crippen LogP contribution in [0.15, 0.2) is 140 Å². The monoisotopic (exact) mass is 529 g/mol. The zero-order valence-corrected chi connectivity index (χ0v) is 23.3. The Morgan fingerprint density at radius 3 is 1.63 bits per heavy atom. The summed E-state index contributed by atoms with van der Waals surface area (Å²) in [5.41, 5.74) is 9.35. The first-order valence-electron chi connectivity index (χ1n) is 14.2. The van der Waals surface area contributed by atoms with E-state index in [0.29, 0.717) is 0 Å². The van der Waals surface area contributed by atoms with Crippen LogP contribution in [0.2, 0.25) is 0 Å². The molecule has 0 aliphatic heterocycles. The fourth-order valence-corrected chi connectivity index (χ4v) is 6.26. The van der Waals surface area contributed by atoms with E-state index in [2.05, 4.69) is 151 Å². The fourth-order valence-electron chi connectivity index (χ4n) is 6.26. The number of hydrogen-bond donors (Lipinski definition) is 0. The predicted octanol–water partition coefficient (Wildman–Crippen LogP) is 10.4. The molecular weight excluding hydrogens is 498 g/mol. The molecule has 41 heavy (non-hydrogen) atoms. The van der Waals surface area contributed by atoms with Crippen LogP contribution in [0.1, 0.15) is 12.5 Å². The second kappa shape index (κ2) is 10.5. The van der Waals surface area contributed by atoms with Crippen molar-refractivity contribution < 1.29 is 4.74 Å². The fraction of sp³-hybridized carbons (Fsp3) is 0.0769. The van der Waals surface area contributed by atoms with Crippen molar-refractivity contribution in [2.45, 2.75) is 13.3 Å². The van der Waals surface area contributed by atoms with E-state index >= 15 is 0 Å². The molecule has 0 aliphatic rings. The molecule has 2 nitrogen and oxygen atoms in total. The van der Waals surface area contributed by atoms with Crippen LogP contribution in [-0.4, -0.2) is 11.7 Å². The Kier molecular flexibility index (Phi) is 6.37. The maximum absolute atomic E-state index is 6.20. The van der Waals surface area contributed by atoms with Crippen LogP contribution in [0, 0.1) is 0 Å². The van der Waals surface area contributed by atoms with Crippen molar-refractivity contribution in [1.82, 2.24) is 4.57 Å². The highest BCUT2D eigenvalue weighted by Gasteiger charge is 2.26. The number of fused-ring (bicyclic) bond motifs is 2. The molecule has 2 heteroatoms. The third kappa shape index (κ3) is 4.20. The van der Waals surface area contributed by atoms with E-state index in [1.165, 1.54) is 49.5 Å². The number of benzene rings is 6. The van der Waals surface area contributed by atoms with Gasteiger partial charge < -0.3 is 9.30 Å². The molecule has 0 fully saturated rings. The van der Waals surface area contributed by atoms with E-state index in [0.717, 1.165) is 29.1 Å². The normalized spacial score (nSPS) is 11.3. The maximum Gasteiger partial charge on any atom is 0.148 e. The van der Waals surface area contributed by atoms with E-state index < -0.39 is 0 Å². The Labute approximate surface area is 241 Å². The highest BCUT2D eigenvalue weighted by atomic mass is 16.5. The van der Waals surface area contributed by atoms with Crippen LogP contribution in [0.5, 0.6) is 5.75 Å². The quantitative estimate of drug-likeness (QED) is 0.195. The molecule has 0 N–H and O–H groups in total. The van der Waals surface area contributed by atoms with Gasteiger partial charge in [0.25, 0.3) is 0 Å². The summed E-state index contributed by atoms with van der Waals surface area (Å²) in [6, 6.07) is 49.9. The lowest BCUT2D eigenvalue weighted by Gasteiger charge is -2.16. The van der Waals surface area contributed by atoms with E-state index in [1.807, 2.05) is 0 Å². The molecule has 0 aliphatic carbocycles. The summed E-state index contributed by atoms with van der Waals surface area (Å²) in [4.78, 5) is 0. The third-order valence-electron chi connectivity index (χ3n) is 8.06. The van der Waals surface area contributed by atoms with E-state index in [-0.39, 0.29) is 0 Å². The van der Waals surface area contributed by atoms with Gasteiger partial charge in [0.05, 0.1) is 18.5 Å². The van der Waals surface area contributed by atoms with Crippen molar-refractivity contribution in [3.63, 3.8) is 0 Å². The largest absolute Gasteiger partial charge is 0.494 e. The summed E-state index contributed by atoms with van der Waals surface area (Å²) in [6.07, 6.45) is 0.861. The summed E-state index contributed by atoms with van der Waals surface area (Å²) < 4.78 is 8.57. The van der Waals surface area contributed by atoms with Crippen molar-refractivity contribution >= 4 is 21.5 Å². The van der Waals surface area contributed by atoms with Crippen LogP contribution in [0.25, 0.3) is 60.9 Å². The molecule has 0 saturated heterocycles. The average molecular weight is 530 g/mol. The van der Waals surface area contributed by atoms with E-state index in [9.17, 15) is 0 Å². The number of hydrogen-bond acceptors (Lipinski definition) is 1. The predicted molar refractivity (Wildman–Crippen MR) is 173 cm³/mol. The molecule has 7 aromatic rings. The Morgan fingerprint density at radius 1 is 0.537 bits per heavy atom. The molecule has 0 unspecified atom stereocenters. The van der Waals surface area contributed by atoms with Gasteiger partial charge >= 0.3 is 0 Å². The van der Waals surface area contributed by atoms with Gasteiger partial charge in [-0.05, 0) is 62.9 Å². The second-order valence-electron chi connectivity index (χ2n) is 10.4. The molecule has 0 amide bonds. The Balaban J connectivity index is 1.48. The number of aromatic nitrogens is 1. The van der Waals surface area contributed by atoms with E-state index in [1.54, 1.807) is 7.11 Å². The standard InChI is InChI=1S/C39H31NO/c1-3-33-37(28-14-6-4-7-15-28)40(32-18-8-5-9-19-32)38(39(33)41-2)29-24-22-27(23-25-29)36-34-20-12-10-16-30(34)26-31-17-11-13-21-35(31)36/h4-26H,3H2,1-2H3. The van der Waals surface area contributed by atoms with Crippen LogP contribution in [-0.2, 0) is 6.42 Å². The number of methoxy groups -OCH3 is 1. The summed E-state index contributed by atoms with van der Waals surface area (Å²) in [5, 5.41) is 5.04. The smallest absolute Gasteiger partial charge is 0.148 e. The Hall–Kier alpha value is -5.08. The van der Waals surface area contributed by atoms with Crippen molar-refractivity contribution in [3.8, 4) is 45.1 Å². The van der Waals surface area contributed by atoms with Gasteiger partial charge in [-0.2, -0.15) is 0 Å². The summed E-state index contributed by atoms with van der Waals surface area (Å²) >= 11 is 0. The van der Waals surface area contributed by atoms with Crippen molar-refractivity contribution in [1.29, 1.82) is 0 Å². The topological polar surface area (TPSA) is 14.2 Å². The van der Waals surface area contributed by atoms with Gasteiger partial charge in [-0.1, -0.05) is 128 Å². The van der Waals surface area contributed by atoms with Crippen molar-refractivity contribution in [2.24, 2.45) is 0 Å². The van der Waals surface area contributed by atoms with Crippen LogP contribution >= 0.6 is 0 Å². The molecule has 0 spiro atoms. The minimum atomic E-state index is 0.861. The summed E-state index contributed by atoms with van der Waals surface area (Å²) in [7, 11) is 1.79. The lowest BCUT2D eigenvalue weighted by atomic mass is 9.91. The maximum atomic E-state index is 6.20. The highest BCUT2D eigenvalue weighted by molar-refractivity contribution is 6.12. The molecule has 6 aromatic carbocycles. The molecular formula is C39H31NO. The summed E-state index contributed by atoms with van der Waals surface area (Å²) in [5.74, 6) is 0.929. The van der Waals surface area contributed by atoms with Crippen LogP contribution in [0.4, 0.5) is 0 Å². The molecule has 0 saturated carbocycles. The minimum absolute atomic E-state index is 0.861. The zero-order chi connectivity index (χ0) is 27.8. The van der Waals surface area contributed by atoms with Crippen molar-refractivity contribution in [3.05, 3.63) is 145 Å². The number of ether oxygens (including phenoxy) is 1. The van der Waals surface area contributed by atoms with Gasteiger partial charge in [0.2, 0.25) is 0 Å². The van der Waals surface area contributed by atoms with Gasteiger partial charge in [0.15, 0.2) is 0 Å². The Morgan fingerprint density at radius 2 is 1.05 bits per heavy atom. The number of para-hydroxylation sites is 1. The molecule has 0 radical (unpaired) electrons. The molecule has 1 aromatic heterocycles. The number of rotatable bonds is 6. The van der Waals surface area contributed by atoms with Gasteiger partial charge in [0.1, 0.15) is 5.75 Å². The van der Waals surface area contributed by atoms with Gasteiger partial charge in [-0.25, -0.2) is 0 Å². The second-order valence-corrected chi connectivity index (χ2v) is 10.4. The Bertz CT molecular complexity index is 1930. The average Bonchev–Trinajstić information content (AvgIpc) is 3.39. The SMILES string of the molecule is CCc1c(OC)c(-c2ccc(-c3c4ccccc4cc4ccccc34)cc2)n(-c2ccccc2)c1-c1ccccc1. The van der Waals surface area contributed by atoms with Crippen LogP contribution < -0.4 is 4.74 Å². The first kappa shape index (κ1) is 24.9. The molecule has 0 atom stereocenters. The van der Waals surface area contributed by atoms with Gasteiger partial charge in [-0.15, -0.1) is 0 Å². The van der Waals surface area contributed by atoms with Gasteiger partial charge in [0, 0.05) is 16.8 Å². The number of nitrogens with zero attached hydrogens (tertiary/aromatic N) is 1.